The summed E-state index contributed by atoms with van der Waals surface area (Å²) in [4.78, 5) is 33.2. The molecule has 1 atom stereocenters. The minimum absolute atomic E-state index is 0.336. The number of furan rings is 1. The Bertz CT molecular complexity index is 766. The summed E-state index contributed by atoms with van der Waals surface area (Å²) in [6.07, 6.45) is 1.02. The second-order valence-electron chi connectivity index (χ2n) is 5.45. The molecule has 0 saturated heterocycles. The highest BCUT2D eigenvalue weighted by molar-refractivity contribution is 5.94. The van der Waals surface area contributed by atoms with Gasteiger partial charge in [-0.25, -0.2) is 4.79 Å². The lowest BCUT2D eigenvalue weighted by Gasteiger charge is -2.10. The normalized spacial score (nSPS) is 11.6. The zero-order chi connectivity index (χ0) is 18.4. The molecule has 0 aliphatic heterocycles. The van der Waals surface area contributed by atoms with Gasteiger partial charge in [-0.05, 0) is 36.1 Å². The van der Waals surface area contributed by atoms with Crippen molar-refractivity contribution in [2.75, 3.05) is 11.9 Å². The third-order valence-electron chi connectivity index (χ3n) is 3.68. The number of rotatable bonds is 7. The number of anilines is 1. The monoisotopic (exact) mass is 346 g/mol. The van der Waals surface area contributed by atoms with Crippen molar-refractivity contribution in [1.29, 1.82) is 0 Å². The average Bonchev–Trinajstić information content (AvgIpc) is 3.10. The third kappa shape index (κ3) is 4.90. The predicted octanol–water partition coefficient (Wildman–Crippen LogP) is 3.50. The van der Waals surface area contributed by atoms with E-state index in [9.17, 15) is 19.7 Å². The molecule has 1 heterocycles. The molecular formula is C17H18N2O6. The smallest absolute Gasteiger partial charge is 0.433 e. The summed E-state index contributed by atoms with van der Waals surface area (Å²) in [5, 5.41) is 13.1. The molecule has 8 heteroatoms. The topological polar surface area (TPSA) is 112 Å². The Hall–Kier alpha value is -3.16. The van der Waals surface area contributed by atoms with Crippen LogP contribution in [0, 0.1) is 10.1 Å². The fourth-order valence-electron chi connectivity index (χ4n) is 2.07. The second kappa shape index (κ2) is 8.09. The van der Waals surface area contributed by atoms with Gasteiger partial charge in [-0.2, -0.15) is 0 Å². The molecule has 0 aliphatic rings. The molecule has 1 amide bonds. The van der Waals surface area contributed by atoms with E-state index < -0.39 is 29.3 Å². The molecule has 0 bridgehead atoms. The molecule has 132 valence electrons. The summed E-state index contributed by atoms with van der Waals surface area (Å²) in [6, 6.07) is 9.56. The number of benzene rings is 1. The molecule has 0 unspecified atom stereocenters. The first-order chi connectivity index (χ1) is 11.9. The zero-order valence-corrected chi connectivity index (χ0v) is 13.9. The first kappa shape index (κ1) is 18.2. The Morgan fingerprint density at radius 1 is 1.24 bits per heavy atom. The van der Waals surface area contributed by atoms with Crippen LogP contribution in [0.5, 0.6) is 0 Å². The number of carbonyl (C=O) groups is 2. The SMILES string of the molecule is CC[C@@H](C)c1ccc(NC(=O)COC(=O)c2ccc([N+](=O)[O-])o2)cc1. The van der Waals surface area contributed by atoms with Crippen LogP contribution >= 0.6 is 0 Å². The summed E-state index contributed by atoms with van der Waals surface area (Å²) < 4.78 is 9.47. The third-order valence-corrected chi connectivity index (χ3v) is 3.68. The number of ether oxygens (including phenoxy) is 1. The first-order valence-corrected chi connectivity index (χ1v) is 7.72. The zero-order valence-electron chi connectivity index (χ0n) is 13.9. The fourth-order valence-corrected chi connectivity index (χ4v) is 2.07. The molecule has 1 aromatic heterocycles. The molecule has 0 radical (unpaired) electrons. The van der Waals surface area contributed by atoms with Gasteiger partial charge in [0.25, 0.3) is 5.91 Å². The maximum absolute atomic E-state index is 11.8. The number of nitrogens with one attached hydrogen (secondary N) is 1. The van der Waals surface area contributed by atoms with Crippen molar-refractivity contribution in [3.05, 3.63) is 57.8 Å². The molecule has 0 saturated carbocycles. The molecular weight excluding hydrogens is 328 g/mol. The number of carbonyl (C=O) groups excluding carboxylic acids is 2. The van der Waals surface area contributed by atoms with E-state index in [-0.39, 0.29) is 5.76 Å². The standard InChI is InChI=1S/C17H18N2O6/c1-3-11(2)12-4-6-13(7-5-12)18-15(20)10-24-17(21)14-8-9-16(25-14)19(22)23/h4-9,11H,3,10H2,1-2H3,(H,18,20)/t11-/m1/s1. The Labute approximate surface area is 143 Å². The van der Waals surface area contributed by atoms with Crippen molar-refractivity contribution >= 4 is 23.4 Å². The van der Waals surface area contributed by atoms with Gasteiger partial charge in [0.15, 0.2) is 6.61 Å². The van der Waals surface area contributed by atoms with Crippen LogP contribution in [0.2, 0.25) is 0 Å². The highest BCUT2D eigenvalue weighted by Gasteiger charge is 2.19. The largest absolute Gasteiger partial charge is 0.450 e. The number of hydrogen-bond donors (Lipinski definition) is 1. The van der Waals surface area contributed by atoms with Crippen LogP contribution < -0.4 is 5.32 Å². The number of esters is 1. The quantitative estimate of drug-likeness (QED) is 0.466. The van der Waals surface area contributed by atoms with E-state index in [1.54, 1.807) is 12.1 Å². The summed E-state index contributed by atoms with van der Waals surface area (Å²) in [5.41, 5.74) is 1.76. The van der Waals surface area contributed by atoms with Crippen LogP contribution in [0.4, 0.5) is 11.6 Å². The molecule has 8 nitrogen and oxygen atoms in total. The van der Waals surface area contributed by atoms with Crippen molar-refractivity contribution < 1.29 is 23.7 Å². The number of nitrogens with zero attached hydrogens (tertiary/aromatic N) is 1. The second-order valence-corrected chi connectivity index (χ2v) is 5.45. The van der Waals surface area contributed by atoms with E-state index in [0.29, 0.717) is 11.6 Å². The van der Waals surface area contributed by atoms with Gasteiger partial charge in [-0.3, -0.25) is 14.9 Å². The number of hydrogen-bond acceptors (Lipinski definition) is 6. The van der Waals surface area contributed by atoms with Crippen LogP contribution in [0.1, 0.15) is 42.3 Å². The number of nitro groups is 1. The summed E-state index contributed by atoms with van der Waals surface area (Å²) in [5.74, 6) is -1.95. The number of amides is 1. The lowest BCUT2D eigenvalue weighted by atomic mass is 9.99. The van der Waals surface area contributed by atoms with Crippen molar-refractivity contribution in [3.63, 3.8) is 0 Å². The molecule has 2 aromatic rings. The molecule has 2 rings (SSSR count). The van der Waals surface area contributed by atoms with Crippen molar-refractivity contribution in [2.24, 2.45) is 0 Å². The Kier molecular flexibility index (Phi) is 5.89. The van der Waals surface area contributed by atoms with Crippen molar-refractivity contribution in [1.82, 2.24) is 0 Å². The van der Waals surface area contributed by atoms with E-state index in [4.69, 9.17) is 9.15 Å². The summed E-state index contributed by atoms with van der Waals surface area (Å²) >= 11 is 0. The Morgan fingerprint density at radius 3 is 2.48 bits per heavy atom. The van der Waals surface area contributed by atoms with Crippen LogP contribution in [-0.4, -0.2) is 23.4 Å². The minimum atomic E-state index is -0.949. The van der Waals surface area contributed by atoms with Gasteiger partial charge in [0.2, 0.25) is 5.76 Å². The van der Waals surface area contributed by atoms with Gasteiger partial charge < -0.3 is 14.5 Å². The Morgan fingerprint density at radius 2 is 1.92 bits per heavy atom. The van der Waals surface area contributed by atoms with Crippen LogP contribution in [0.25, 0.3) is 0 Å². The first-order valence-electron chi connectivity index (χ1n) is 7.72. The average molecular weight is 346 g/mol. The van der Waals surface area contributed by atoms with E-state index >= 15 is 0 Å². The maximum atomic E-state index is 11.8. The fraction of sp³-hybridized carbons (Fsp3) is 0.294. The van der Waals surface area contributed by atoms with Crippen LogP contribution in [0.3, 0.4) is 0 Å². The van der Waals surface area contributed by atoms with Crippen LogP contribution in [-0.2, 0) is 9.53 Å². The summed E-state index contributed by atoms with van der Waals surface area (Å²) in [7, 11) is 0. The van der Waals surface area contributed by atoms with Crippen molar-refractivity contribution in [2.45, 2.75) is 26.2 Å². The molecule has 1 aromatic carbocycles. The van der Waals surface area contributed by atoms with Gasteiger partial charge in [0.1, 0.15) is 4.92 Å². The van der Waals surface area contributed by atoms with Gasteiger partial charge >= 0.3 is 11.9 Å². The lowest BCUT2D eigenvalue weighted by Crippen LogP contribution is -2.20. The van der Waals surface area contributed by atoms with E-state index in [2.05, 4.69) is 19.2 Å². The van der Waals surface area contributed by atoms with Gasteiger partial charge in [0.05, 0.1) is 6.07 Å². The van der Waals surface area contributed by atoms with Crippen molar-refractivity contribution in [3.8, 4) is 0 Å². The van der Waals surface area contributed by atoms with E-state index in [1.807, 2.05) is 12.1 Å². The minimum Gasteiger partial charge on any atom is -0.450 e. The Balaban J connectivity index is 1.85. The highest BCUT2D eigenvalue weighted by Crippen LogP contribution is 2.20. The van der Waals surface area contributed by atoms with E-state index in [0.717, 1.165) is 18.6 Å². The maximum Gasteiger partial charge on any atom is 0.433 e. The molecule has 1 N–H and O–H groups in total. The molecule has 25 heavy (non-hydrogen) atoms. The predicted molar refractivity (Wildman–Crippen MR) is 89.4 cm³/mol. The van der Waals surface area contributed by atoms with E-state index in [1.165, 1.54) is 5.56 Å². The summed E-state index contributed by atoms with van der Waals surface area (Å²) in [6.45, 7) is 3.69. The van der Waals surface area contributed by atoms with Gasteiger partial charge in [-0.1, -0.05) is 26.0 Å². The highest BCUT2D eigenvalue weighted by atomic mass is 16.7. The lowest BCUT2D eigenvalue weighted by molar-refractivity contribution is -0.402. The van der Waals surface area contributed by atoms with Gasteiger partial charge in [-0.15, -0.1) is 0 Å². The van der Waals surface area contributed by atoms with Gasteiger partial charge in [0, 0.05) is 5.69 Å². The van der Waals surface area contributed by atoms with Crippen LogP contribution in [0.15, 0.2) is 40.8 Å². The molecule has 0 fully saturated rings. The molecule has 0 aliphatic carbocycles. The molecule has 0 spiro atoms.